The molecular formula is C17H18F2N2O4S. The maximum absolute atomic E-state index is 13.6. The maximum Gasteiger partial charge on any atom is 0.242 e. The van der Waals surface area contributed by atoms with Gasteiger partial charge < -0.3 is 10.1 Å². The summed E-state index contributed by atoms with van der Waals surface area (Å²) in [6.45, 7) is 2.94. The Morgan fingerprint density at radius 3 is 2.31 bits per heavy atom. The number of ether oxygens (including phenoxy) is 1. The predicted octanol–water partition coefficient (Wildman–Crippen LogP) is 2.59. The fourth-order valence-electron chi connectivity index (χ4n) is 2.22. The maximum atomic E-state index is 13.6. The number of carbonyl (C=O) groups is 1. The number of halogens is 2. The molecule has 0 spiro atoms. The van der Waals surface area contributed by atoms with Crippen LogP contribution in [0.3, 0.4) is 0 Å². The number of anilines is 1. The van der Waals surface area contributed by atoms with Crippen LogP contribution >= 0.6 is 0 Å². The molecule has 0 saturated heterocycles. The Labute approximate surface area is 150 Å². The second-order valence-electron chi connectivity index (χ2n) is 5.56. The SMILES string of the molecule is COc1ccc(S(=O)(=O)NC(C)C(=O)Nc2c(F)cccc2F)cc1C. The van der Waals surface area contributed by atoms with Crippen LogP contribution in [0, 0.1) is 18.6 Å². The summed E-state index contributed by atoms with van der Waals surface area (Å²) in [5.74, 6) is -2.30. The number of sulfonamides is 1. The number of aryl methyl sites for hydroxylation is 1. The molecule has 0 aliphatic rings. The van der Waals surface area contributed by atoms with Crippen LogP contribution in [-0.2, 0) is 14.8 Å². The number of rotatable bonds is 6. The van der Waals surface area contributed by atoms with Crippen molar-refractivity contribution in [2.45, 2.75) is 24.8 Å². The van der Waals surface area contributed by atoms with Crippen molar-refractivity contribution in [2.75, 3.05) is 12.4 Å². The summed E-state index contributed by atoms with van der Waals surface area (Å²) in [7, 11) is -2.56. The van der Waals surface area contributed by atoms with Gasteiger partial charge in [-0.2, -0.15) is 4.72 Å². The highest BCUT2D eigenvalue weighted by molar-refractivity contribution is 7.89. The molecule has 0 aliphatic carbocycles. The topological polar surface area (TPSA) is 84.5 Å². The Hall–Kier alpha value is -2.52. The van der Waals surface area contributed by atoms with Gasteiger partial charge in [0.1, 0.15) is 23.1 Å². The molecule has 9 heteroatoms. The molecule has 2 rings (SSSR count). The van der Waals surface area contributed by atoms with E-state index in [2.05, 4.69) is 4.72 Å². The van der Waals surface area contributed by atoms with E-state index in [4.69, 9.17) is 4.74 Å². The molecule has 6 nitrogen and oxygen atoms in total. The fourth-order valence-corrected chi connectivity index (χ4v) is 3.51. The van der Waals surface area contributed by atoms with E-state index in [1.807, 2.05) is 5.32 Å². The van der Waals surface area contributed by atoms with Crippen LogP contribution in [0.25, 0.3) is 0 Å². The van der Waals surface area contributed by atoms with Gasteiger partial charge in [-0.25, -0.2) is 17.2 Å². The van der Waals surface area contributed by atoms with Crippen molar-refractivity contribution in [3.8, 4) is 5.75 Å². The van der Waals surface area contributed by atoms with Crippen LogP contribution in [0.15, 0.2) is 41.3 Å². The Kier molecular flexibility index (Phi) is 5.94. The van der Waals surface area contributed by atoms with Crippen LogP contribution in [0.2, 0.25) is 0 Å². The molecule has 1 atom stereocenters. The van der Waals surface area contributed by atoms with E-state index < -0.39 is 39.3 Å². The van der Waals surface area contributed by atoms with Crippen molar-refractivity contribution < 1.29 is 26.7 Å². The number of para-hydroxylation sites is 1. The van der Waals surface area contributed by atoms with Crippen LogP contribution in [0.5, 0.6) is 5.75 Å². The number of nitrogens with one attached hydrogen (secondary N) is 2. The molecule has 0 fully saturated rings. The molecule has 1 unspecified atom stereocenters. The smallest absolute Gasteiger partial charge is 0.242 e. The molecule has 2 aromatic rings. The predicted molar refractivity (Wildman–Crippen MR) is 92.5 cm³/mol. The number of benzene rings is 2. The average molecular weight is 384 g/mol. The second kappa shape index (κ2) is 7.79. The van der Waals surface area contributed by atoms with Gasteiger partial charge in [-0.1, -0.05) is 6.07 Å². The first kappa shape index (κ1) is 19.8. The van der Waals surface area contributed by atoms with Gasteiger partial charge in [-0.3, -0.25) is 4.79 Å². The highest BCUT2D eigenvalue weighted by atomic mass is 32.2. The summed E-state index contributed by atoms with van der Waals surface area (Å²) in [6, 6.07) is 6.06. The van der Waals surface area contributed by atoms with Crippen molar-refractivity contribution >= 4 is 21.6 Å². The molecule has 0 aromatic heterocycles. The summed E-state index contributed by atoms with van der Waals surface area (Å²) < 4.78 is 59.2. The first-order valence-electron chi connectivity index (χ1n) is 7.57. The summed E-state index contributed by atoms with van der Waals surface area (Å²) in [5, 5.41) is 2.05. The van der Waals surface area contributed by atoms with E-state index in [9.17, 15) is 22.0 Å². The van der Waals surface area contributed by atoms with Gasteiger partial charge in [0.2, 0.25) is 15.9 Å². The first-order chi connectivity index (χ1) is 12.2. The lowest BCUT2D eigenvalue weighted by molar-refractivity contribution is -0.117. The highest BCUT2D eigenvalue weighted by Crippen LogP contribution is 2.22. The molecule has 0 bridgehead atoms. The van der Waals surface area contributed by atoms with Gasteiger partial charge >= 0.3 is 0 Å². The monoisotopic (exact) mass is 384 g/mol. The number of amides is 1. The first-order valence-corrected chi connectivity index (χ1v) is 9.06. The minimum Gasteiger partial charge on any atom is -0.496 e. The fraction of sp³-hybridized carbons (Fsp3) is 0.235. The number of methoxy groups -OCH3 is 1. The van der Waals surface area contributed by atoms with E-state index >= 15 is 0 Å². The minimum atomic E-state index is -4.02. The van der Waals surface area contributed by atoms with E-state index in [1.165, 1.54) is 32.2 Å². The molecule has 1 amide bonds. The molecular weight excluding hydrogens is 366 g/mol. The summed E-state index contributed by atoms with van der Waals surface area (Å²) in [6.07, 6.45) is 0. The Morgan fingerprint density at radius 2 is 1.77 bits per heavy atom. The zero-order valence-electron chi connectivity index (χ0n) is 14.3. The van der Waals surface area contributed by atoms with Crippen molar-refractivity contribution in [1.29, 1.82) is 0 Å². The Bertz CT molecular complexity index is 912. The quantitative estimate of drug-likeness (QED) is 0.802. The van der Waals surface area contributed by atoms with Crippen LogP contribution in [0.4, 0.5) is 14.5 Å². The Morgan fingerprint density at radius 1 is 1.15 bits per heavy atom. The summed E-state index contributed by atoms with van der Waals surface area (Å²) in [5.41, 5.74) is -0.0373. The van der Waals surface area contributed by atoms with Crippen molar-refractivity contribution in [1.82, 2.24) is 4.72 Å². The number of hydrogen-bond acceptors (Lipinski definition) is 4. The normalized spacial score (nSPS) is 12.5. The largest absolute Gasteiger partial charge is 0.496 e. The van der Waals surface area contributed by atoms with Crippen molar-refractivity contribution in [3.63, 3.8) is 0 Å². The minimum absolute atomic E-state index is 0.0625. The average Bonchev–Trinajstić information content (AvgIpc) is 2.57. The lowest BCUT2D eigenvalue weighted by atomic mass is 10.2. The third-order valence-electron chi connectivity index (χ3n) is 3.61. The number of hydrogen-bond donors (Lipinski definition) is 2. The molecule has 2 aromatic carbocycles. The van der Waals surface area contributed by atoms with Crippen molar-refractivity contribution in [3.05, 3.63) is 53.6 Å². The molecule has 140 valence electrons. The van der Waals surface area contributed by atoms with Gasteiger partial charge in [0.25, 0.3) is 0 Å². The van der Waals surface area contributed by atoms with E-state index in [-0.39, 0.29) is 4.90 Å². The third-order valence-corrected chi connectivity index (χ3v) is 5.15. The van der Waals surface area contributed by atoms with E-state index in [0.29, 0.717) is 11.3 Å². The van der Waals surface area contributed by atoms with Crippen molar-refractivity contribution in [2.24, 2.45) is 0 Å². The van der Waals surface area contributed by atoms with Gasteiger partial charge in [-0.15, -0.1) is 0 Å². The zero-order chi connectivity index (χ0) is 19.5. The second-order valence-corrected chi connectivity index (χ2v) is 7.27. The van der Waals surface area contributed by atoms with Crippen LogP contribution < -0.4 is 14.8 Å². The Balaban J connectivity index is 2.16. The lowest BCUT2D eigenvalue weighted by Crippen LogP contribution is -2.41. The highest BCUT2D eigenvalue weighted by Gasteiger charge is 2.24. The molecule has 0 heterocycles. The van der Waals surface area contributed by atoms with Gasteiger partial charge in [0.05, 0.1) is 18.0 Å². The summed E-state index contributed by atoms with van der Waals surface area (Å²) >= 11 is 0. The third kappa shape index (κ3) is 4.36. The van der Waals surface area contributed by atoms with E-state index in [1.54, 1.807) is 6.92 Å². The van der Waals surface area contributed by atoms with Gasteiger partial charge in [0, 0.05) is 0 Å². The molecule has 26 heavy (non-hydrogen) atoms. The standard InChI is InChI=1S/C17H18F2N2O4S/c1-10-9-12(7-8-15(10)25-3)26(23,24)21-11(2)17(22)20-16-13(18)5-4-6-14(16)19/h4-9,11,21H,1-3H3,(H,20,22). The van der Waals surface area contributed by atoms with E-state index in [0.717, 1.165) is 18.2 Å². The zero-order valence-corrected chi connectivity index (χ0v) is 15.2. The van der Waals surface area contributed by atoms with Crippen LogP contribution in [0.1, 0.15) is 12.5 Å². The molecule has 0 aliphatic heterocycles. The number of carbonyl (C=O) groups excluding carboxylic acids is 1. The molecule has 0 radical (unpaired) electrons. The van der Waals surface area contributed by atoms with Crippen LogP contribution in [-0.4, -0.2) is 27.5 Å². The molecule has 0 saturated carbocycles. The summed E-state index contributed by atoms with van der Waals surface area (Å²) in [4.78, 5) is 12.0. The lowest BCUT2D eigenvalue weighted by Gasteiger charge is -2.16. The van der Waals surface area contributed by atoms with Gasteiger partial charge in [-0.05, 0) is 49.7 Å². The molecule has 2 N–H and O–H groups in total. The van der Waals surface area contributed by atoms with Gasteiger partial charge in [0.15, 0.2) is 0 Å².